The van der Waals surface area contributed by atoms with Crippen LogP contribution in [0.4, 0.5) is 0 Å². The molecule has 0 spiro atoms. The molecule has 8 N–H and O–H groups in total. The van der Waals surface area contributed by atoms with Crippen molar-refractivity contribution in [1.82, 2.24) is 0 Å². The summed E-state index contributed by atoms with van der Waals surface area (Å²) in [6, 6.07) is -0.716. The molecule has 0 bridgehead atoms. The molecule has 7 nitrogen and oxygen atoms in total. The van der Waals surface area contributed by atoms with Gasteiger partial charge >= 0.3 is 11.9 Å². The number of unbranched alkanes of at least 4 members (excludes halogenated alkanes) is 1. The van der Waals surface area contributed by atoms with Crippen molar-refractivity contribution in [3.8, 4) is 0 Å². The second-order valence-electron chi connectivity index (χ2n) is 2.83. The van der Waals surface area contributed by atoms with E-state index in [1.807, 2.05) is 0 Å². The van der Waals surface area contributed by atoms with Crippen LogP contribution in [0.1, 0.15) is 19.3 Å². The van der Waals surface area contributed by atoms with Gasteiger partial charge in [-0.1, -0.05) is 6.42 Å². The molecule has 0 saturated heterocycles. The number of hydrogen-bond acceptors (Lipinski definition) is 5. The van der Waals surface area contributed by atoms with Crippen LogP contribution in [0.25, 0.3) is 0 Å². The van der Waals surface area contributed by atoms with E-state index in [0.29, 0.717) is 13.0 Å². The van der Waals surface area contributed by atoms with Crippen LogP contribution in [0, 0.1) is 0 Å². The highest BCUT2D eigenvalue weighted by atomic mass is 35.5. The van der Waals surface area contributed by atoms with Gasteiger partial charge in [0.2, 0.25) is 0 Å². The molecule has 0 saturated carbocycles. The molecule has 0 fully saturated rings. The Morgan fingerprint density at radius 3 is 1.81 bits per heavy atom. The van der Waals surface area contributed by atoms with Crippen LogP contribution in [0.3, 0.4) is 0 Å². The first kappa shape index (κ1) is 20.5. The molecular formula is C8H20ClN3O4. The van der Waals surface area contributed by atoms with E-state index in [4.69, 9.17) is 21.7 Å². The lowest BCUT2D eigenvalue weighted by Crippen LogP contribution is -2.29. The van der Waals surface area contributed by atoms with Gasteiger partial charge in [0.25, 0.3) is 0 Å². The van der Waals surface area contributed by atoms with Gasteiger partial charge in [-0.2, -0.15) is 0 Å². The van der Waals surface area contributed by atoms with Crippen LogP contribution < -0.4 is 17.2 Å². The van der Waals surface area contributed by atoms with E-state index in [2.05, 4.69) is 5.73 Å². The standard InChI is InChI=1S/C6H14N2O2.C2H5NO2.ClH/c7-4-2-1-3-5(8)6(9)10;3-1-2(4)5;/h5H,1-4,7-8H2,(H,9,10);1,3H2,(H,4,5);1H/t5-;;/m0../s1. The smallest absolute Gasteiger partial charge is 0.320 e. The fraction of sp³-hybridized carbons (Fsp3) is 0.750. The molecule has 16 heavy (non-hydrogen) atoms. The molecule has 0 radical (unpaired) electrons. The third kappa shape index (κ3) is 18.8. The van der Waals surface area contributed by atoms with Crippen molar-refractivity contribution in [3.05, 3.63) is 0 Å². The summed E-state index contributed by atoms with van der Waals surface area (Å²) >= 11 is 0. The largest absolute Gasteiger partial charge is 0.480 e. The number of carbonyl (C=O) groups is 2. The van der Waals surface area contributed by atoms with Crippen LogP contribution in [-0.4, -0.2) is 41.3 Å². The van der Waals surface area contributed by atoms with Gasteiger partial charge in [0.15, 0.2) is 0 Å². The SMILES string of the molecule is Cl.NCC(=O)O.NCCCC[C@H](N)C(=O)O. The minimum absolute atomic E-state index is 0. The minimum Gasteiger partial charge on any atom is -0.480 e. The maximum atomic E-state index is 10.1. The molecule has 0 aromatic heterocycles. The van der Waals surface area contributed by atoms with Crippen molar-refractivity contribution in [3.63, 3.8) is 0 Å². The molecule has 0 amide bonds. The summed E-state index contributed by atoms with van der Waals surface area (Å²) in [5.41, 5.74) is 15.0. The van der Waals surface area contributed by atoms with Crippen LogP contribution in [0.5, 0.6) is 0 Å². The Hall–Kier alpha value is -0.890. The van der Waals surface area contributed by atoms with E-state index in [-0.39, 0.29) is 19.0 Å². The molecule has 0 unspecified atom stereocenters. The summed E-state index contributed by atoms with van der Waals surface area (Å²) in [5.74, 6) is -1.90. The van der Waals surface area contributed by atoms with Gasteiger partial charge < -0.3 is 27.4 Å². The monoisotopic (exact) mass is 257 g/mol. The van der Waals surface area contributed by atoms with Crippen molar-refractivity contribution in [2.75, 3.05) is 13.1 Å². The Kier molecular flexibility index (Phi) is 18.1. The first-order chi connectivity index (χ1) is 6.95. The topological polar surface area (TPSA) is 153 Å². The summed E-state index contributed by atoms with van der Waals surface area (Å²) in [4.78, 5) is 19.4. The molecule has 98 valence electrons. The maximum Gasteiger partial charge on any atom is 0.320 e. The van der Waals surface area contributed by atoms with E-state index < -0.39 is 18.0 Å². The molecule has 1 atom stereocenters. The second-order valence-corrected chi connectivity index (χ2v) is 2.83. The number of halogens is 1. The van der Waals surface area contributed by atoms with Gasteiger partial charge in [-0.05, 0) is 19.4 Å². The van der Waals surface area contributed by atoms with E-state index in [0.717, 1.165) is 12.8 Å². The van der Waals surface area contributed by atoms with E-state index >= 15 is 0 Å². The molecule has 0 heterocycles. The molecule has 0 aliphatic rings. The quantitative estimate of drug-likeness (QED) is 0.382. The lowest BCUT2D eigenvalue weighted by atomic mass is 10.1. The van der Waals surface area contributed by atoms with Crippen LogP contribution in [-0.2, 0) is 9.59 Å². The summed E-state index contributed by atoms with van der Waals surface area (Å²) in [7, 11) is 0. The van der Waals surface area contributed by atoms with Gasteiger partial charge in [0.1, 0.15) is 6.04 Å². The summed E-state index contributed by atoms with van der Waals surface area (Å²) in [5, 5.41) is 15.9. The lowest BCUT2D eigenvalue weighted by Gasteiger charge is -2.03. The average molecular weight is 258 g/mol. The zero-order valence-corrected chi connectivity index (χ0v) is 9.78. The van der Waals surface area contributed by atoms with Gasteiger partial charge in [-0.3, -0.25) is 9.59 Å². The van der Waals surface area contributed by atoms with E-state index in [1.165, 1.54) is 0 Å². The lowest BCUT2D eigenvalue weighted by molar-refractivity contribution is -0.138. The summed E-state index contributed by atoms with van der Waals surface area (Å²) < 4.78 is 0. The number of nitrogens with two attached hydrogens (primary N) is 3. The Balaban J connectivity index is -0.000000242. The number of rotatable bonds is 6. The zero-order chi connectivity index (χ0) is 12.3. The Bertz CT molecular complexity index is 192. The highest BCUT2D eigenvalue weighted by Crippen LogP contribution is 1.96. The van der Waals surface area contributed by atoms with Crippen molar-refractivity contribution >= 4 is 24.3 Å². The normalized spacial score (nSPS) is 10.4. The van der Waals surface area contributed by atoms with Gasteiger partial charge in [-0.25, -0.2) is 0 Å². The van der Waals surface area contributed by atoms with E-state index in [1.54, 1.807) is 0 Å². The predicted octanol–water partition coefficient (Wildman–Crippen LogP) is -1.02. The van der Waals surface area contributed by atoms with Gasteiger partial charge in [0.05, 0.1) is 6.54 Å². The Labute approximate surface area is 100 Å². The Morgan fingerprint density at radius 2 is 1.56 bits per heavy atom. The molecule has 0 aliphatic heterocycles. The maximum absolute atomic E-state index is 10.1. The third-order valence-corrected chi connectivity index (χ3v) is 1.46. The zero-order valence-electron chi connectivity index (χ0n) is 8.96. The first-order valence-electron chi connectivity index (χ1n) is 4.56. The number of aliphatic carboxylic acids is 2. The fourth-order valence-electron chi connectivity index (χ4n) is 0.632. The third-order valence-electron chi connectivity index (χ3n) is 1.46. The first-order valence-corrected chi connectivity index (χ1v) is 4.56. The molecule has 0 rings (SSSR count). The van der Waals surface area contributed by atoms with Gasteiger partial charge in [-0.15, -0.1) is 12.4 Å². The van der Waals surface area contributed by atoms with Crippen molar-refractivity contribution < 1.29 is 19.8 Å². The van der Waals surface area contributed by atoms with Crippen molar-refractivity contribution in [2.24, 2.45) is 17.2 Å². The average Bonchev–Trinajstić information content (AvgIpc) is 2.18. The molecule has 0 aliphatic carbocycles. The fourth-order valence-corrected chi connectivity index (χ4v) is 0.632. The van der Waals surface area contributed by atoms with Crippen LogP contribution in [0.15, 0.2) is 0 Å². The van der Waals surface area contributed by atoms with Crippen molar-refractivity contribution in [1.29, 1.82) is 0 Å². The minimum atomic E-state index is -0.968. The highest BCUT2D eigenvalue weighted by Gasteiger charge is 2.09. The summed E-state index contributed by atoms with van der Waals surface area (Å²) in [6.45, 7) is 0.326. The molecular weight excluding hydrogens is 238 g/mol. The van der Waals surface area contributed by atoms with Crippen LogP contribution in [0.2, 0.25) is 0 Å². The molecule has 0 aromatic rings. The Morgan fingerprint density at radius 1 is 1.12 bits per heavy atom. The summed E-state index contributed by atoms with van der Waals surface area (Å²) in [6.07, 6.45) is 2.16. The van der Waals surface area contributed by atoms with Crippen LogP contribution >= 0.6 is 12.4 Å². The van der Waals surface area contributed by atoms with Gasteiger partial charge in [0, 0.05) is 0 Å². The second kappa shape index (κ2) is 14.1. The predicted molar refractivity (Wildman–Crippen MR) is 62.5 cm³/mol. The number of hydrogen-bond donors (Lipinski definition) is 5. The number of carboxylic acid groups (broad SMARTS) is 2. The highest BCUT2D eigenvalue weighted by molar-refractivity contribution is 5.85. The van der Waals surface area contributed by atoms with E-state index in [9.17, 15) is 9.59 Å². The molecule has 0 aromatic carbocycles. The number of carboxylic acids is 2. The molecule has 8 heteroatoms. The van der Waals surface area contributed by atoms with Crippen molar-refractivity contribution in [2.45, 2.75) is 25.3 Å².